The summed E-state index contributed by atoms with van der Waals surface area (Å²) in [6, 6.07) is 7.57. The third-order valence-electron chi connectivity index (χ3n) is 3.48. The van der Waals surface area contributed by atoms with Gasteiger partial charge in [0.2, 0.25) is 10.0 Å². The maximum Gasteiger partial charge on any atom is 0.214 e. The number of hydrogen-bond acceptors (Lipinski definition) is 4. The number of thioether (sulfide) groups is 1. The Hall–Kier alpha value is -0.720. The Bertz CT molecular complexity index is 524. The number of rotatable bonds is 5. The minimum atomic E-state index is -3.12. The maximum atomic E-state index is 12.3. The summed E-state index contributed by atoms with van der Waals surface area (Å²) in [6.45, 7) is 1.36. The minimum Gasteiger partial charge on any atom is -0.398 e. The van der Waals surface area contributed by atoms with Crippen LogP contribution in [-0.2, 0) is 10.0 Å². The van der Waals surface area contributed by atoms with Gasteiger partial charge in [-0.15, -0.1) is 11.8 Å². The highest BCUT2D eigenvalue weighted by atomic mass is 32.2. The highest BCUT2D eigenvalue weighted by Gasteiger charge is 2.22. The van der Waals surface area contributed by atoms with Gasteiger partial charge >= 0.3 is 0 Å². The number of para-hydroxylation sites is 1. The highest BCUT2D eigenvalue weighted by Crippen LogP contribution is 2.25. The van der Waals surface area contributed by atoms with Crippen LogP contribution in [0, 0.1) is 0 Å². The van der Waals surface area contributed by atoms with Crippen LogP contribution in [0.1, 0.15) is 25.7 Å². The molecule has 1 fully saturated rings. The molecule has 1 aliphatic heterocycles. The molecular weight excluding hydrogens is 292 g/mol. The molecule has 6 heteroatoms. The van der Waals surface area contributed by atoms with Gasteiger partial charge < -0.3 is 5.73 Å². The van der Waals surface area contributed by atoms with Crippen LogP contribution in [0.25, 0.3) is 0 Å². The van der Waals surface area contributed by atoms with Crippen molar-refractivity contribution in [3.63, 3.8) is 0 Å². The molecule has 1 aromatic rings. The molecule has 0 unspecified atom stereocenters. The molecule has 112 valence electrons. The van der Waals surface area contributed by atoms with E-state index in [0.29, 0.717) is 24.5 Å². The Balaban J connectivity index is 1.87. The van der Waals surface area contributed by atoms with Gasteiger partial charge in [0.15, 0.2) is 0 Å². The largest absolute Gasteiger partial charge is 0.398 e. The van der Waals surface area contributed by atoms with Gasteiger partial charge in [-0.3, -0.25) is 0 Å². The molecule has 0 radical (unpaired) electrons. The molecule has 2 rings (SSSR count). The number of sulfonamides is 1. The number of nitrogen functional groups attached to an aromatic ring is 1. The third kappa shape index (κ3) is 4.40. The van der Waals surface area contributed by atoms with Crippen molar-refractivity contribution >= 4 is 27.5 Å². The lowest BCUT2D eigenvalue weighted by atomic mass is 10.2. The molecule has 0 saturated carbocycles. The Morgan fingerprint density at radius 3 is 2.40 bits per heavy atom. The SMILES string of the molecule is Nc1ccccc1SCCS(=O)(=O)N1CCCCCC1. The van der Waals surface area contributed by atoms with Crippen LogP contribution < -0.4 is 5.73 Å². The summed E-state index contributed by atoms with van der Waals surface area (Å²) < 4.78 is 26.3. The fourth-order valence-corrected chi connectivity index (χ4v) is 5.20. The number of nitrogens with two attached hydrogens (primary N) is 1. The lowest BCUT2D eigenvalue weighted by Gasteiger charge is -2.19. The van der Waals surface area contributed by atoms with Crippen LogP contribution in [0.3, 0.4) is 0 Å². The molecule has 1 heterocycles. The zero-order valence-corrected chi connectivity index (χ0v) is 13.3. The lowest BCUT2D eigenvalue weighted by molar-refractivity contribution is 0.425. The Morgan fingerprint density at radius 2 is 1.75 bits per heavy atom. The summed E-state index contributed by atoms with van der Waals surface area (Å²) in [5, 5.41) is 0. The van der Waals surface area contributed by atoms with E-state index in [1.807, 2.05) is 24.3 Å². The first-order valence-electron chi connectivity index (χ1n) is 7.05. The van der Waals surface area contributed by atoms with Crippen LogP contribution in [0.2, 0.25) is 0 Å². The van der Waals surface area contributed by atoms with E-state index in [9.17, 15) is 8.42 Å². The monoisotopic (exact) mass is 314 g/mol. The summed E-state index contributed by atoms with van der Waals surface area (Å²) in [7, 11) is -3.12. The predicted octanol–water partition coefficient (Wildman–Crippen LogP) is 2.57. The van der Waals surface area contributed by atoms with Crippen molar-refractivity contribution in [2.75, 3.05) is 30.3 Å². The van der Waals surface area contributed by atoms with E-state index < -0.39 is 10.0 Å². The molecule has 2 N–H and O–H groups in total. The number of benzene rings is 1. The first kappa shape index (κ1) is 15.7. The van der Waals surface area contributed by atoms with Crippen LogP contribution in [0.5, 0.6) is 0 Å². The van der Waals surface area contributed by atoms with E-state index in [4.69, 9.17) is 5.73 Å². The zero-order chi connectivity index (χ0) is 14.4. The van der Waals surface area contributed by atoms with Gasteiger partial charge in [-0.05, 0) is 25.0 Å². The second kappa shape index (κ2) is 7.33. The van der Waals surface area contributed by atoms with Crippen molar-refractivity contribution in [3.8, 4) is 0 Å². The number of nitrogens with zero attached hydrogens (tertiary/aromatic N) is 1. The summed E-state index contributed by atoms with van der Waals surface area (Å²) >= 11 is 1.51. The molecule has 0 atom stereocenters. The van der Waals surface area contributed by atoms with E-state index in [1.54, 1.807) is 4.31 Å². The van der Waals surface area contributed by atoms with Crippen LogP contribution >= 0.6 is 11.8 Å². The molecule has 1 saturated heterocycles. The summed E-state index contributed by atoms with van der Waals surface area (Å²) in [5.41, 5.74) is 6.57. The normalized spacial score (nSPS) is 17.8. The van der Waals surface area contributed by atoms with Gasteiger partial charge in [-0.2, -0.15) is 0 Å². The van der Waals surface area contributed by atoms with Gasteiger partial charge in [0.25, 0.3) is 0 Å². The minimum absolute atomic E-state index is 0.187. The quantitative estimate of drug-likeness (QED) is 0.670. The molecular formula is C14H22N2O2S2. The van der Waals surface area contributed by atoms with Gasteiger partial charge in [-0.25, -0.2) is 12.7 Å². The van der Waals surface area contributed by atoms with Crippen molar-refractivity contribution in [3.05, 3.63) is 24.3 Å². The lowest BCUT2D eigenvalue weighted by Crippen LogP contribution is -2.34. The number of anilines is 1. The first-order chi connectivity index (χ1) is 9.59. The van der Waals surface area contributed by atoms with Gasteiger partial charge in [-0.1, -0.05) is 25.0 Å². The Kier molecular flexibility index (Phi) is 5.74. The average molecular weight is 314 g/mol. The van der Waals surface area contributed by atoms with Crippen LogP contribution in [0.4, 0.5) is 5.69 Å². The second-order valence-electron chi connectivity index (χ2n) is 5.02. The molecule has 0 bridgehead atoms. The Morgan fingerprint density at radius 1 is 1.10 bits per heavy atom. The third-order valence-corrected chi connectivity index (χ3v) is 6.70. The molecule has 0 spiro atoms. The highest BCUT2D eigenvalue weighted by molar-refractivity contribution is 8.00. The van der Waals surface area contributed by atoms with E-state index in [1.165, 1.54) is 11.8 Å². The molecule has 0 aromatic heterocycles. The molecule has 0 aliphatic carbocycles. The molecule has 0 amide bonds. The predicted molar refractivity (Wildman–Crippen MR) is 85.4 cm³/mol. The van der Waals surface area contributed by atoms with Crippen molar-refractivity contribution < 1.29 is 8.42 Å². The molecule has 1 aliphatic rings. The summed E-state index contributed by atoms with van der Waals surface area (Å²) in [5.74, 6) is 0.735. The van der Waals surface area contributed by atoms with E-state index in [-0.39, 0.29) is 5.75 Å². The fourth-order valence-electron chi connectivity index (χ4n) is 2.32. The molecule has 4 nitrogen and oxygen atoms in total. The summed E-state index contributed by atoms with van der Waals surface area (Å²) in [6.07, 6.45) is 4.25. The number of hydrogen-bond donors (Lipinski definition) is 1. The average Bonchev–Trinajstić information content (AvgIpc) is 2.70. The smallest absolute Gasteiger partial charge is 0.214 e. The molecule has 20 heavy (non-hydrogen) atoms. The van der Waals surface area contributed by atoms with E-state index in [2.05, 4.69) is 0 Å². The summed E-state index contributed by atoms with van der Waals surface area (Å²) in [4.78, 5) is 0.957. The van der Waals surface area contributed by atoms with E-state index >= 15 is 0 Å². The van der Waals surface area contributed by atoms with Gasteiger partial charge in [0.05, 0.1) is 5.75 Å². The molecule has 1 aromatic carbocycles. The fraction of sp³-hybridized carbons (Fsp3) is 0.571. The zero-order valence-electron chi connectivity index (χ0n) is 11.6. The van der Waals surface area contributed by atoms with Gasteiger partial charge in [0.1, 0.15) is 0 Å². The maximum absolute atomic E-state index is 12.3. The topological polar surface area (TPSA) is 63.4 Å². The van der Waals surface area contributed by atoms with Crippen molar-refractivity contribution in [1.82, 2.24) is 4.31 Å². The van der Waals surface area contributed by atoms with Crippen molar-refractivity contribution in [2.24, 2.45) is 0 Å². The standard InChI is InChI=1S/C14H22N2O2S2/c15-13-7-3-4-8-14(13)19-11-12-20(17,18)16-9-5-1-2-6-10-16/h3-4,7-8H,1-2,5-6,9-12,15H2. The Labute approximate surface area is 125 Å². The van der Waals surface area contributed by atoms with Gasteiger partial charge in [0, 0.05) is 29.4 Å². The van der Waals surface area contributed by atoms with Crippen molar-refractivity contribution in [2.45, 2.75) is 30.6 Å². The first-order valence-corrected chi connectivity index (χ1v) is 9.64. The second-order valence-corrected chi connectivity index (χ2v) is 8.24. The van der Waals surface area contributed by atoms with Crippen LogP contribution in [-0.4, -0.2) is 37.3 Å². The van der Waals surface area contributed by atoms with Crippen LogP contribution in [0.15, 0.2) is 29.2 Å². The van der Waals surface area contributed by atoms with Crippen molar-refractivity contribution in [1.29, 1.82) is 0 Å². The van der Waals surface area contributed by atoms with E-state index in [0.717, 1.165) is 30.6 Å².